The molecule has 0 aliphatic rings. The van der Waals surface area contributed by atoms with E-state index in [0.717, 1.165) is 0 Å². The molecule has 0 fully saturated rings. The zero-order chi connectivity index (χ0) is 14.3. The molecule has 18 heavy (non-hydrogen) atoms. The molecule has 1 aromatic carbocycles. The van der Waals surface area contributed by atoms with Crippen LogP contribution in [0.1, 0.15) is 21.5 Å². The van der Waals surface area contributed by atoms with E-state index >= 15 is 0 Å². The Kier molecular flexibility index (Phi) is 3.53. The Hall–Kier alpha value is -1.44. The van der Waals surface area contributed by atoms with Gasteiger partial charge in [0.25, 0.3) is 0 Å². The summed E-state index contributed by atoms with van der Waals surface area (Å²) in [5, 5.41) is 7.63. The van der Waals surface area contributed by atoms with Crippen molar-refractivity contribution in [2.24, 2.45) is 0 Å². The number of aromatic carboxylic acids is 1. The summed E-state index contributed by atoms with van der Waals surface area (Å²) in [4.78, 5) is 10.6. The summed E-state index contributed by atoms with van der Waals surface area (Å²) in [7, 11) is 0. The van der Waals surface area contributed by atoms with Crippen LogP contribution in [0.4, 0.5) is 26.3 Å². The molecule has 0 atom stereocenters. The summed E-state index contributed by atoms with van der Waals surface area (Å²) < 4.78 is 74.9. The van der Waals surface area contributed by atoms with Gasteiger partial charge in [-0.15, -0.1) is 0 Å². The summed E-state index contributed by atoms with van der Waals surface area (Å²) in [5.74, 6) is -2.18. The summed E-state index contributed by atoms with van der Waals surface area (Å²) >= 11 is 5.20. The molecule has 0 unspecified atom stereocenters. The van der Waals surface area contributed by atoms with Crippen molar-refractivity contribution in [2.45, 2.75) is 12.4 Å². The molecule has 1 aromatic rings. The fourth-order valence-electron chi connectivity index (χ4n) is 1.32. The highest BCUT2D eigenvalue weighted by Gasteiger charge is 2.46. The van der Waals surface area contributed by atoms with E-state index in [0.29, 0.717) is 6.07 Å². The average molecular weight is 293 g/mol. The normalized spacial score (nSPS) is 12.6. The SMILES string of the molecule is O=C(O)c1c(Cl)ccc(C(F)(F)F)c1C(F)(F)F. The van der Waals surface area contributed by atoms with Gasteiger partial charge in [0.2, 0.25) is 0 Å². The van der Waals surface area contributed by atoms with Crippen molar-refractivity contribution >= 4 is 17.6 Å². The molecule has 0 spiro atoms. The van der Waals surface area contributed by atoms with Gasteiger partial charge in [0.15, 0.2) is 0 Å². The third kappa shape index (κ3) is 2.69. The predicted molar refractivity (Wildman–Crippen MR) is 48.4 cm³/mol. The first-order chi connectivity index (χ1) is 7.96. The van der Waals surface area contributed by atoms with Gasteiger partial charge in [0.1, 0.15) is 0 Å². The Balaban J connectivity index is 3.78. The second kappa shape index (κ2) is 4.34. The highest BCUT2D eigenvalue weighted by molar-refractivity contribution is 6.33. The lowest BCUT2D eigenvalue weighted by Gasteiger charge is -2.18. The van der Waals surface area contributed by atoms with E-state index in [9.17, 15) is 31.1 Å². The van der Waals surface area contributed by atoms with Gasteiger partial charge in [-0.2, -0.15) is 26.3 Å². The molecule has 0 amide bonds. The second-order valence-corrected chi connectivity index (χ2v) is 3.55. The van der Waals surface area contributed by atoms with Crippen molar-refractivity contribution in [3.05, 3.63) is 33.8 Å². The van der Waals surface area contributed by atoms with Crippen LogP contribution in [0, 0.1) is 0 Å². The van der Waals surface area contributed by atoms with Gasteiger partial charge in [0.05, 0.1) is 21.7 Å². The van der Waals surface area contributed by atoms with E-state index in [1.54, 1.807) is 0 Å². The Morgan fingerprint density at radius 3 is 1.89 bits per heavy atom. The number of carboxylic acids is 1. The average Bonchev–Trinajstić information content (AvgIpc) is 2.12. The number of benzene rings is 1. The minimum atomic E-state index is -5.48. The van der Waals surface area contributed by atoms with E-state index in [1.807, 2.05) is 0 Å². The van der Waals surface area contributed by atoms with Crippen LogP contribution in [-0.4, -0.2) is 11.1 Å². The third-order valence-corrected chi connectivity index (χ3v) is 2.27. The maximum atomic E-state index is 12.6. The minimum absolute atomic E-state index is 0.0948. The molecule has 0 saturated heterocycles. The maximum Gasteiger partial charge on any atom is 0.417 e. The summed E-state index contributed by atoms with van der Waals surface area (Å²) in [6.45, 7) is 0. The first kappa shape index (κ1) is 14.6. The quantitative estimate of drug-likeness (QED) is 0.792. The summed E-state index contributed by atoms with van der Waals surface area (Å²) in [5.41, 5.74) is -5.99. The maximum absolute atomic E-state index is 12.6. The molecule has 1 N–H and O–H groups in total. The van der Waals surface area contributed by atoms with Gasteiger partial charge in [-0.3, -0.25) is 0 Å². The number of rotatable bonds is 1. The number of halogens is 7. The first-order valence-corrected chi connectivity index (χ1v) is 4.54. The molecule has 0 aromatic heterocycles. The minimum Gasteiger partial charge on any atom is -0.478 e. The van der Waals surface area contributed by atoms with Gasteiger partial charge < -0.3 is 5.11 Å². The summed E-state index contributed by atoms with van der Waals surface area (Å²) in [6.07, 6.45) is -10.8. The predicted octanol–water partition coefficient (Wildman–Crippen LogP) is 4.08. The topological polar surface area (TPSA) is 37.3 Å². The lowest BCUT2D eigenvalue weighted by atomic mass is 10.00. The molecule has 2 nitrogen and oxygen atoms in total. The van der Waals surface area contributed by atoms with Gasteiger partial charge in [-0.1, -0.05) is 11.6 Å². The zero-order valence-corrected chi connectivity index (χ0v) is 8.91. The highest BCUT2D eigenvalue weighted by Crippen LogP contribution is 2.43. The van der Waals surface area contributed by atoms with Gasteiger partial charge in [-0.25, -0.2) is 4.79 Å². The molecule has 0 radical (unpaired) electrons. The van der Waals surface area contributed by atoms with Crippen LogP contribution in [0.15, 0.2) is 12.1 Å². The highest BCUT2D eigenvalue weighted by atomic mass is 35.5. The van der Waals surface area contributed by atoms with Crippen molar-refractivity contribution in [2.75, 3.05) is 0 Å². The molecular weight excluding hydrogens is 290 g/mol. The Labute approximate surface area is 101 Å². The van der Waals surface area contributed by atoms with Crippen LogP contribution in [-0.2, 0) is 12.4 Å². The third-order valence-electron chi connectivity index (χ3n) is 1.96. The smallest absolute Gasteiger partial charge is 0.417 e. The van der Waals surface area contributed by atoms with E-state index < -0.39 is 40.0 Å². The fourth-order valence-corrected chi connectivity index (χ4v) is 1.56. The fraction of sp³-hybridized carbons (Fsp3) is 0.222. The number of hydrogen-bond donors (Lipinski definition) is 1. The van der Waals surface area contributed by atoms with Crippen molar-refractivity contribution < 1.29 is 36.2 Å². The number of hydrogen-bond acceptors (Lipinski definition) is 1. The van der Waals surface area contributed by atoms with Crippen molar-refractivity contribution in [1.29, 1.82) is 0 Å². The van der Waals surface area contributed by atoms with Crippen LogP contribution >= 0.6 is 11.6 Å². The van der Waals surface area contributed by atoms with Crippen LogP contribution < -0.4 is 0 Å². The van der Waals surface area contributed by atoms with Crippen molar-refractivity contribution in [3.8, 4) is 0 Å². The van der Waals surface area contributed by atoms with E-state index in [2.05, 4.69) is 0 Å². The van der Waals surface area contributed by atoms with Gasteiger partial charge >= 0.3 is 18.3 Å². The standard InChI is InChI=1S/C9H3ClF6O2/c10-4-2-1-3(8(11,12)13)6(9(14,15)16)5(4)7(17)18/h1-2H,(H,17,18). The van der Waals surface area contributed by atoms with Crippen molar-refractivity contribution in [1.82, 2.24) is 0 Å². The number of carboxylic acid groups (broad SMARTS) is 1. The number of alkyl halides is 6. The van der Waals surface area contributed by atoms with E-state index in [-0.39, 0.29) is 6.07 Å². The molecule has 0 saturated carbocycles. The van der Waals surface area contributed by atoms with Crippen LogP contribution in [0.25, 0.3) is 0 Å². The molecule has 9 heteroatoms. The molecule has 100 valence electrons. The molecule has 1 rings (SSSR count). The van der Waals surface area contributed by atoms with Gasteiger partial charge in [0, 0.05) is 0 Å². The monoisotopic (exact) mass is 292 g/mol. The van der Waals surface area contributed by atoms with E-state index in [4.69, 9.17) is 16.7 Å². The molecule has 0 aliphatic carbocycles. The van der Waals surface area contributed by atoms with Crippen LogP contribution in [0.5, 0.6) is 0 Å². The second-order valence-electron chi connectivity index (χ2n) is 3.15. The lowest BCUT2D eigenvalue weighted by molar-refractivity contribution is -0.162. The molecule has 0 heterocycles. The molecular formula is C9H3ClF6O2. The Morgan fingerprint density at radius 2 is 1.56 bits per heavy atom. The summed E-state index contributed by atoms with van der Waals surface area (Å²) in [6, 6.07) is 0.556. The Morgan fingerprint density at radius 1 is 1.06 bits per heavy atom. The largest absolute Gasteiger partial charge is 0.478 e. The number of carbonyl (C=O) groups is 1. The molecule has 0 bridgehead atoms. The Bertz CT molecular complexity index is 491. The molecule has 0 aliphatic heterocycles. The lowest BCUT2D eigenvalue weighted by Crippen LogP contribution is -2.21. The van der Waals surface area contributed by atoms with Crippen LogP contribution in [0.2, 0.25) is 5.02 Å². The first-order valence-electron chi connectivity index (χ1n) is 4.16. The van der Waals surface area contributed by atoms with Gasteiger partial charge in [-0.05, 0) is 12.1 Å². The zero-order valence-electron chi connectivity index (χ0n) is 8.16. The van der Waals surface area contributed by atoms with Crippen molar-refractivity contribution in [3.63, 3.8) is 0 Å². The van der Waals surface area contributed by atoms with Crippen LogP contribution in [0.3, 0.4) is 0 Å². The van der Waals surface area contributed by atoms with E-state index in [1.165, 1.54) is 0 Å².